The van der Waals surface area contributed by atoms with Crippen LogP contribution in [-0.4, -0.2) is 34.8 Å². The molecule has 148 valence electrons. The standard InChI is InChI=1S/C22H26N2O4/c1-12(2)28-17-6-4-5-14(9-17)11-23-20(25)13(3)24-21(26)18-15-7-8-16(10-15)19(18)22(24)27/h4-9,12-13,15-16,18-19H,10-11H2,1-3H3,(H,23,25)/t13-,15+,16+,18-,19+/m1/s1. The molecule has 0 aromatic heterocycles. The maximum absolute atomic E-state index is 12.8. The van der Waals surface area contributed by atoms with Crippen molar-refractivity contribution in [1.29, 1.82) is 0 Å². The summed E-state index contributed by atoms with van der Waals surface area (Å²) in [6, 6.07) is 6.72. The van der Waals surface area contributed by atoms with Gasteiger partial charge in [0.15, 0.2) is 0 Å². The highest BCUT2D eigenvalue weighted by Gasteiger charge is 2.60. The molecule has 1 aromatic carbocycles. The summed E-state index contributed by atoms with van der Waals surface area (Å²) < 4.78 is 5.67. The van der Waals surface area contributed by atoms with Gasteiger partial charge in [0.25, 0.3) is 0 Å². The fourth-order valence-electron chi connectivity index (χ4n) is 4.76. The van der Waals surface area contributed by atoms with Gasteiger partial charge < -0.3 is 10.1 Å². The van der Waals surface area contributed by atoms with Gasteiger partial charge in [-0.05, 0) is 56.7 Å². The van der Waals surface area contributed by atoms with Crippen LogP contribution in [-0.2, 0) is 20.9 Å². The average Bonchev–Trinajstić information content (AvgIpc) is 3.33. The van der Waals surface area contributed by atoms with Crippen molar-refractivity contribution < 1.29 is 19.1 Å². The van der Waals surface area contributed by atoms with E-state index in [1.165, 1.54) is 4.90 Å². The van der Waals surface area contributed by atoms with Crippen molar-refractivity contribution in [2.45, 2.75) is 45.9 Å². The summed E-state index contributed by atoms with van der Waals surface area (Å²) in [6.07, 6.45) is 5.06. The Balaban J connectivity index is 1.39. The Kier molecular flexibility index (Phi) is 4.73. The number of benzene rings is 1. The summed E-state index contributed by atoms with van der Waals surface area (Å²) in [5.41, 5.74) is 0.900. The number of nitrogens with zero attached hydrogens (tertiary/aromatic N) is 1. The summed E-state index contributed by atoms with van der Waals surface area (Å²) in [7, 11) is 0. The maximum atomic E-state index is 12.8. The van der Waals surface area contributed by atoms with Crippen LogP contribution in [0.3, 0.4) is 0 Å². The minimum atomic E-state index is -0.805. The normalized spacial score (nSPS) is 28.8. The molecule has 4 rings (SSSR count). The van der Waals surface area contributed by atoms with E-state index >= 15 is 0 Å². The van der Waals surface area contributed by atoms with Crippen molar-refractivity contribution in [1.82, 2.24) is 10.2 Å². The molecule has 5 atom stereocenters. The van der Waals surface area contributed by atoms with E-state index in [1.807, 2.05) is 38.1 Å². The lowest BCUT2D eigenvalue weighted by molar-refractivity contribution is -0.148. The molecule has 3 amide bonds. The summed E-state index contributed by atoms with van der Waals surface area (Å²) >= 11 is 0. The molecule has 6 nitrogen and oxygen atoms in total. The number of fused-ring (bicyclic) bond motifs is 5. The molecule has 28 heavy (non-hydrogen) atoms. The summed E-state index contributed by atoms with van der Waals surface area (Å²) in [5, 5.41) is 2.84. The van der Waals surface area contributed by atoms with Gasteiger partial charge in [-0.15, -0.1) is 0 Å². The number of rotatable bonds is 6. The Hall–Kier alpha value is -2.63. The molecule has 0 spiro atoms. The molecule has 1 aromatic rings. The van der Waals surface area contributed by atoms with Crippen LogP contribution in [0.5, 0.6) is 5.75 Å². The third kappa shape index (κ3) is 3.11. The quantitative estimate of drug-likeness (QED) is 0.605. The number of carbonyl (C=O) groups excluding carboxylic acids is 3. The highest BCUT2D eigenvalue weighted by molar-refractivity contribution is 6.09. The molecule has 1 saturated carbocycles. The van der Waals surface area contributed by atoms with Gasteiger partial charge in [-0.2, -0.15) is 0 Å². The van der Waals surface area contributed by atoms with Crippen LogP contribution in [0, 0.1) is 23.7 Å². The number of ether oxygens (including phenoxy) is 1. The van der Waals surface area contributed by atoms with Gasteiger partial charge in [0.05, 0.1) is 17.9 Å². The Morgan fingerprint density at radius 2 is 1.79 bits per heavy atom. The van der Waals surface area contributed by atoms with Gasteiger partial charge in [0.2, 0.25) is 17.7 Å². The second kappa shape index (κ2) is 7.08. The van der Waals surface area contributed by atoms with Crippen molar-refractivity contribution in [2.24, 2.45) is 23.7 Å². The Bertz CT molecular complexity index is 817. The number of hydrogen-bond donors (Lipinski definition) is 1. The number of nitrogens with one attached hydrogen (secondary N) is 1. The predicted octanol–water partition coefficient (Wildman–Crippen LogP) is 2.29. The van der Waals surface area contributed by atoms with E-state index < -0.39 is 6.04 Å². The maximum Gasteiger partial charge on any atom is 0.243 e. The molecular weight excluding hydrogens is 356 g/mol. The molecule has 3 aliphatic rings. The minimum Gasteiger partial charge on any atom is -0.491 e. The van der Waals surface area contributed by atoms with Crippen molar-refractivity contribution in [3.63, 3.8) is 0 Å². The second-order valence-corrected chi connectivity index (χ2v) is 8.25. The third-order valence-electron chi connectivity index (χ3n) is 6.01. The first-order valence-electron chi connectivity index (χ1n) is 9.95. The van der Waals surface area contributed by atoms with E-state index in [2.05, 4.69) is 17.5 Å². The molecule has 2 aliphatic carbocycles. The van der Waals surface area contributed by atoms with Crippen LogP contribution in [0.15, 0.2) is 36.4 Å². The fraction of sp³-hybridized carbons (Fsp3) is 0.500. The SMILES string of the molecule is CC(C)Oc1cccc(CNC(=O)[C@@H](C)N2C(=O)[C@@H]3[C@H](C2=O)[C@H]2C=C[C@H]3C2)c1. The zero-order valence-electron chi connectivity index (χ0n) is 16.4. The van der Waals surface area contributed by atoms with Crippen LogP contribution in [0.4, 0.5) is 0 Å². The van der Waals surface area contributed by atoms with Crippen molar-refractivity contribution >= 4 is 17.7 Å². The lowest BCUT2D eigenvalue weighted by atomic mass is 9.85. The Morgan fingerprint density at radius 3 is 2.39 bits per heavy atom. The number of amides is 3. The zero-order valence-corrected chi connectivity index (χ0v) is 16.4. The molecule has 6 heteroatoms. The van der Waals surface area contributed by atoms with E-state index in [0.29, 0.717) is 6.54 Å². The highest BCUT2D eigenvalue weighted by Crippen LogP contribution is 2.52. The van der Waals surface area contributed by atoms with Crippen molar-refractivity contribution in [2.75, 3.05) is 0 Å². The van der Waals surface area contributed by atoms with Gasteiger partial charge >= 0.3 is 0 Å². The molecular formula is C22H26N2O4. The number of hydrogen-bond acceptors (Lipinski definition) is 4. The lowest BCUT2D eigenvalue weighted by Crippen LogP contribution is -2.48. The van der Waals surface area contributed by atoms with E-state index in [4.69, 9.17) is 4.74 Å². The Morgan fingerprint density at radius 1 is 1.14 bits per heavy atom. The van der Waals surface area contributed by atoms with Crippen LogP contribution < -0.4 is 10.1 Å². The molecule has 1 heterocycles. The molecule has 2 bridgehead atoms. The largest absolute Gasteiger partial charge is 0.491 e. The van der Waals surface area contributed by atoms with Gasteiger partial charge in [0, 0.05) is 6.54 Å². The number of imide groups is 1. The van der Waals surface area contributed by atoms with Crippen LogP contribution in [0.1, 0.15) is 32.8 Å². The Labute approximate surface area is 164 Å². The molecule has 1 saturated heterocycles. The smallest absolute Gasteiger partial charge is 0.243 e. The predicted molar refractivity (Wildman–Crippen MR) is 103 cm³/mol. The van der Waals surface area contributed by atoms with Crippen LogP contribution in [0.25, 0.3) is 0 Å². The summed E-state index contributed by atoms with van der Waals surface area (Å²) in [4.78, 5) is 39.5. The monoisotopic (exact) mass is 382 g/mol. The van der Waals surface area contributed by atoms with Crippen LogP contribution >= 0.6 is 0 Å². The zero-order chi connectivity index (χ0) is 20.0. The molecule has 1 aliphatic heterocycles. The van der Waals surface area contributed by atoms with E-state index in [0.717, 1.165) is 17.7 Å². The average molecular weight is 382 g/mol. The minimum absolute atomic E-state index is 0.0706. The van der Waals surface area contributed by atoms with Crippen molar-refractivity contribution in [3.05, 3.63) is 42.0 Å². The van der Waals surface area contributed by atoms with Gasteiger partial charge in [0.1, 0.15) is 11.8 Å². The summed E-state index contributed by atoms with van der Waals surface area (Å²) in [6.45, 7) is 5.85. The number of carbonyl (C=O) groups is 3. The fourth-order valence-corrected chi connectivity index (χ4v) is 4.76. The first kappa shape index (κ1) is 18.7. The van der Waals surface area contributed by atoms with E-state index in [-0.39, 0.29) is 47.5 Å². The first-order valence-corrected chi connectivity index (χ1v) is 9.95. The molecule has 0 unspecified atom stereocenters. The highest BCUT2D eigenvalue weighted by atomic mass is 16.5. The molecule has 1 N–H and O–H groups in total. The van der Waals surface area contributed by atoms with Gasteiger partial charge in [-0.25, -0.2) is 0 Å². The number of allylic oxidation sites excluding steroid dienone is 2. The first-order chi connectivity index (χ1) is 13.4. The topological polar surface area (TPSA) is 75.7 Å². The lowest BCUT2D eigenvalue weighted by Gasteiger charge is -2.24. The molecule has 0 radical (unpaired) electrons. The van der Waals surface area contributed by atoms with E-state index in [1.54, 1.807) is 6.92 Å². The molecule has 2 fully saturated rings. The van der Waals surface area contributed by atoms with E-state index in [9.17, 15) is 14.4 Å². The third-order valence-corrected chi connectivity index (χ3v) is 6.01. The van der Waals surface area contributed by atoms with Crippen LogP contribution in [0.2, 0.25) is 0 Å². The summed E-state index contributed by atoms with van der Waals surface area (Å²) in [5.74, 6) is -0.215. The van der Waals surface area contributed by atoms with Gasteiger partial charge in [-0.1, -0.05) is 24.3 Å². The second-order valence-electron chi connectivity index (χ2n) is 8.25. The number of likely N-dealkylation sites (tertiary alicyclic amines) is 1. The van der Waals surface area contributed by atoms with Crippen molar-refractivity contribution in [3.8, 4) is 5.75 Å². The van der Waals surface area contributed by atoms with Gasteiger partial charge in [-0.3, -0.25) is 19.3 Å².